The van der Waals surface area contributed by atoms with E-state index in [1.165, 1.54) is 12.1 Å². The zero-order chi connectivity index (χ0) is 14.4. The summed E-state index contributed by atoms with van der Waals surface area (Å²) in [5.41, 5.74) is -0.137. The molecule has 0 saturated heterocycles. The van der Waals surface area contributed by atoms with Gasteiger partial charge >= 0.3 is 11.8 Å². The highest BCUT2D eigenvalue weighted by Crippen LogP contribution is 2.27. The van der Waals surface area contributed by atoms with Gasteiger partial charge in [0.05, 0.1) is 15.5 Å². The van der Waals surface area contributed by atoms with Crippen molar-refractivity contribution in [1.82, 2.24) is 5.32 Å². The fourth-order valence-corrected chi connectivity index (χ4v) is 1.51. The predicted molar refractivity (Wildman–Crippen MR) is 68.0 cm³/mol. The van der Waals surface area contributed by atoms with Crippen molar-refractivity contribution in [3.05, 3.63) is 32.8 Å². The van der Waals surface area contributed by atoms with Gasteiger partial charge in [0.1, 0.15) is 6.54 Å². The standard InChI is InChI=1S/C10H7BrN4O4/c11-7-2-1-6(5-8(7)15(18)19)14-10(17)9(16)13-4-3-12/h1-2,5H,4H2,(H,13,16)(H,14,17). The normalized spacial score (nSPS) is 9.26. The minimum absolute atomic E-state index is 0.104. The average molecular weight is 327 g/mol. The first-order valence-electron chi connectivity index (χ1n) is 4.85. The molecule has 0 aliphatic carbocycles. The van der Waals surface area contributed by atoms with Crippen molar-refractivity contribution in [3.8, 4) is 6.07 Å². The quantitative estimate of drug-likeness (QED) is 0.370. The molecule has 0 radical (unpaired) electrons. The van der Waals surface area contributed by atoms with Crippen LogP contribution in [0, 0.1) is 21.4 Å². The molecule has 0 fully saturated rings. The Bertz CT molecular complexity index is 581. The van der Waals surface area contributed by atoms with Crippen LogP contribution < -0.4 is 10.6 Å². The molecule has 1 rings (SSSR count). The van der Waals surface area contributed by atoms with E-state index in [2.05, 4.69) is 21.2 Å². The molecule has 2 amide bonds. The van der Waals surface area contributed by atoms with Crippen molar-refractivity contribution in [1.29, 1.82) is 5.26 Å². The van der Waals surface area contributed by atoms with Crippen LogP contribution in [0.15, 0.2) is 22.7 Å². The molecule has 9 heteroatoms. The third-order valence-electron chi connectivity index (χ3n) is 1.93. The first-order chi connectivity index (χ1) is 8.95. The van der Waals surface area contributed by atoms with Crippen LogP contribution in [0.25, 0.3) is 0 Å². The summed E-state index contributed by atoms with van der Waals surface area (Å²) >= 11 is 2.99. The van der Waals surface area contributed by atoms with E-state index in [0.717, 1.165) is 6.07 Å². The fraction of sp³-hybridized carbons (Fsp3) is 0.100. The van der Waals surface area contributed by atoms with Crippen LogP contribution in [0.5, 0.6) is 0 Å². The number of nitriles is 1. The minimum atomic E-state index is -1.01. The van der Waals surface area contributed by atoms with Gasteiger partial charge in [0.25, 0.3) is 5.69 Å². The molecule has 0 aromatic heterocycles. The lowest BCUT2D eigenvalue weighted by Gasteiger charge is -2.05. The molecule has 0 aliphatic heterocycles. The van der Waals surface area contributed by atoms with E-state index in [0.29, 0.717) is 0 Å². The molecule has 1 aromatic carbocycles. The number of carbonyl (C=O) groups is 2. The Hall–Kier alpha value is -2.47. The Morgan fingerprint density at radius 3 is 2.68 bits per heavy atom. The SMILES string of the molecule is N#CCNC(=O)C(=O)Nc1ccc(Br)c([N+](=O)[O-])c1. The van der Waals surface area contributed by atoms with Crippen molar-refractivity contribution in [2.75, 3.05) is 11.9 Å². The molecule has 2 N–H and O–H groups in total. The first-order valence-corrected chi connectivity index (χ1v) is 5.65. The largest absolute Gasteiger partial charge is 0.335 e. The summed E-state index contributed by atoms with van der Waals surface area (Å²) in [6.07, 6.45) is 0. The Kier molecular flexibility index (Phi) is 4.96. The maximum absolute atomic E-state index is 11.4. The number of hydrogen-bond donors (Lipinski definition) is 2. The number of hydrogen-bond acceptors (Lipinski definition) is 5. The first kappa shape index (κ1) is 14.6. The van der Waals surface area contributed by atoms with Crippen LogP contribution in [0.3, 0.4) is 0 Å². The second-order valence-electron chi connectivity index (χ2n) is 3.22. The van der Waals surface area contributed by atoms with Gasteiger partial charge in [-0.25, -0.2) is 0 Å². The van der Waals surface area contributed by atoms with E-state index < -0.39 is 16.7 Å². The third kappa shape index (κ3) is 4.04. The molecular weight excluding hydrogens is 320 g/mol. The van der Waals surface area contributed by atoms with Gasteiger partial charge < -0.3 is 10.6 Å². The van der Waals surface area contributed by atoms with Crippen LogP contribution >= 0.6 is 15.9 Å². The van der Waals surface area contributed by atoms with Crippen LogP contribution in [-0.2, 0) is 9.59 Å². The van der Waals surface area contributed by atoms with Crippen molar-refractivity contribution in [3.63, 3.8) is 0 Å². The predicted octanol–water partition coefficient (Wildman–Crippen LogP) is 0.936. The van der Waals surface area contributed by atoms with E-state index in [1.807, 2.05) is 5.32 Å². The van der Waals surface area contributed by atoms with Gasteiger partial charge in [-0.15, -0.1) is 0 Å². The molecule has 0 atom stereocenters. The van der Waals surface area contributed by atoms with E-state index in [4.69, 9.17) is 5.26 Å². The number of carbonyl (C=O) groups excluding carboxylic acids is 2. The highest BCUT2D eigenvalue weighted by atomic mass is 79.9. The molecule has 98 valence electrons. The zero-order valence-corrected chi connectivity index (χ0v) is 10.9. The monoisotopic (exact) mass is 326 g/mol. The van der Waals surface area contributed by atoms with Gasteiger partial charge in [0, 0.05) is 11.8 Å². The van der Waals surface area contributed by atoms with E-state index in [9.17, 15) is 19.7 Å². The number of nitrogens with zero attached hydrogens (tertiary/aromatic N) is 2. The summed E-state index contributed by atoms with van der Waals surface area (Å²) in [7, 11) is 0. The molecule has 0 spiro atoms. The smallest absolute Gasteiger partial charge is 0.313 e. The fourth-order valence-electron chi connectivity index (χ4n) is 1.12. The van der Waals surface area contributed by atoms with Crippen LogP contribution in [0.2, 0.25) is 0 Å². The van der Waals surface area contributed by atoms with Crippen molar-refractivity contribution >= 4 is 39.1 Å². The average Bonchev–Trinajstić information content (AvgIpc) is 2.37. The number of nitro groups is 1. The number of nitro benzene ring substituents is 1. The molecular formula is C10H7BrN4O4. The van der Waals surface area contributed by atoms with Crippen molar-refractivity contribution in [2.45, 2.75) is 0 Å². The summed E-state index contributed by atoms with van der Waals surface area (Å²) in [6.45, 7) is -0.299. The lowest BCUT2D eigenvalue weighted by Crippen LogP contribution is -2.35. The van der Waals surface area contributed by atoms with Gasteiger partial charge in [-0.3, -0.25) is 19.7 Å². The molecule has 0 unspecified atom stereocenters. The summed E-state index contributed by atoms with van der Waals surface area (Å²) in [6, 6.07) is 5.52. The molecule has 0 bridgehead atoms. The van der Waals surface area contributed by atoms with Gasteiger partial charge in [-0.1, -0.05) is 0 Å². The maximum atomic E-state index is 11.4. The van der Waals surface area contributed by atoms with Crippen molar-refractivity contribution < 1.29 is 14.5 Å². The van der Waals surface area contributed by atoms with Crippen LogP contribution in [0.1, 0.15) is 0 Å². The highest BCUT2D eigenvalue weighted by molar-refractivity contribution is 9.10. The van der Waals surface area contributed by atoms with E-state index in [1.54, 1.807) is 6.07 Å². The molecule has 0 heterocycles. The third-order valence-corrected chi connectivity index (χ3v) is 2.61. The Labute approximate surface area is 115 Å². The summed E-state index contributed by atoms with van der Waals surface area (Å²) in [5.74, 6) is -2.00. The summed E-state index contributed by atoms with van der Waals surface area (Å²) < 4.78 is 0.254. The van der Waals surface area contributed by atoms with Gasteiger partial charge in [0.2, 0.25) is 0 Å². The Morgan fingerprint density at radius 1 is 1.42 bits per heavy atom. The zero-order valence-electron chi connectivity index (χ0n) is 9.34. The second-order valence-corrected chi connectivity index (χ2v) is 4.07. The highest BCUT2D eigenvalue weighted by Gasteiger charge is 2.16. The topological polar surface area (TPSA) is 125 Å². The van der Waals surface area contributed by atoms with Gasteiger partial charge in [-0.2, -0.15) is 5.26 Å². The number of halogens is 1. The van der Waals surface area contributed by atoms with Gasteiger partial charge in [-0.05, 0) is 28.1 Å². The van der Waals surface area contributed by atoms with Crippen LogP contribution in [-0.4, -0.2) is 23.3 Å². The number of nitrogens with one attached hydrogen (secondary N) is 2. The number of amides is 2. The van der Waals surface area contributed by atoms with E-state index >= 15 is 0 Å². The molecule has 8 nitrogen and oxygen atoms in total. The lowest BCUT2D eigenvalue weighted by molar-refractivity contribution is -0.385. The summed E-state index contributed by atoms with van der Waals surface area (Å²) in [4.78, 5) is 32.6. The number of anilines is 1. The lowest BCUT2D eigenvalue weighted by atomic mass is 10.3. The van der Waals surface area contributed by atoms with E-state index in [-0.39, 0.29) is 22.4 Å². The van der Waals surface area contributed by atoms with Crippen LogP contribution in [0.4, 0.5) is 11.4 Å². The Balaban J connectivity index is 2.81. The second kappa shape index (κ2) is 6.46. The number of rotatable bonds is 3. The molecule has 1 aromatic rings. The summed E-state index contributed by atoms with van der Waals surface area (Å²) in [5, 5.41) is 23.2. The number of benzene rings is 1. The van der Waals surface area contributed by atoms with Gasteiger partial charge in [0.15, 0.2) is 0 Å². The molecule has 0 aliphatic rings. The maximum Gasteiger partial charge on any atom is 0.313 e. The Morgan fingerprint density at radius 2 is 2.11 bits per heavy atom. The molecule has 19 heavy (non-hydrogen) atoms. The molecule has 0 saturated carbocycles. The van der Waals surface area contributed by atoms with Crippen molar-refractivity contribution in [2.24, 2.45) is 0 Å². The minimum Gasteiger partial charge on any atom is -0.335 e.